The molecule has 3 heteroatoms. The van der Waals surface area contributed by atoms with Crippen LogP contribution >= 0.6 is 11.6 Å². The lowest BCUT2D eigenvalue weighted by molar-refractivity contribution is 0.475. The van der Waals surface area contributed by atoms with E-state index in [1.165, 1.54) is 5.56 Å². The van der Waals surface area contributed by atoms with Gasteiger partial charge in [0.05, 0.1) is 0 Å². The molecule has 0 radical (unpaired) electrons. The van der Waals surface area contributed by atoms with Gasteiger partial charge in [-0.25, -0.2) is 0 Å². The van der Waals surface area contributed by atoms with Crippen molar-refractivity contribution in [1.29, 1.82) is 0 Å². The van der Waals surface area contributed by atoms with Crippen LogP contribution in [0.1, 0.15) is 30.0 Å². The van der Waals surface area contributed by atoms with Crippen LogP contribution in [0.3, 0.4) is 0 Å². The molecule has 1 unspecified atom stereocenters. The second-order valence-electron chi connectivity index (χ2n) is 5.48. The summed E-state index contributed by atoms with van der Waals surface area (Å²) in [4.78, 5) is 0. The van der Waals surface area contributed by atoms with E-state index in [4.69, 9.17) is 22.1 Å². The molecule has 2 N–H and O–H groups in total. The zero-order valence-electron chi connectivity index (χ0n) is 12.8. The van der Waals surface area contributed by atoms with Gasteiger partial charge in [0.15, 0.2) is 0 Å². The first-order valence-electron chi connectivity index (χ1n) is 7.28. The number of hydrogen-bond acceptors (Lipinski definition) is 2. The second-order valence-corrected chi connectivity index (χ2v) is 5.92. The third-order valence-electron chi connectivity index (χ3n) is 3.62. The van der Waals surface area contributed by atoms with Gasteiger partial charge in [-0.15, -0.1) is 0 Å². The average molecular weight is 304 g/mol. The minimum absolute atomic E-state index is 0.217. The Balaban J connectivity index is 2.17. The molecule has 0 spiro atoms. The maximum Gasteiger partial charge on any atom is 0.130 e. The van der Waals surface area contributed by atoms with Crippen molar-refractivity contribution in [2.75, 3.05) is 0 Å². The number of halogens is 1. The van der Waals surface area contributed by atoms with Crippen LogP contribution in [0.4, 0.5) is 0 Å². The molecule has 1 atom stereocenters. The Kier molecular flexibility index (Phi) is 5.27. The topological polar surface area (TPSA) is 35.2 Å². The number of ether oxygens (including phenoxy) is 1. The summed E-state index contributed by atoms with van der Waals surface area (Å²) in [6.07, 6.45) is 1.89. The van der Waals surface area contributed by atoms with Crippen molar-refractivity contribution >= 4 is 11.6 Å². The van der Waals surface area contributed by atoms with E-state index in [2.05, 4.69) is 26.0 Å². The van der Waals surface area contributed by atoms with Crippen molar-refractivity contribution in [1.82, 2.24) is 0 Å². The summed E-state index contributed by atoms with van der Waals surface area (Å²) in [6, 6.07) is 12.1. The standard InChI is InChI=1S/C18H22ClNO/c1-4-16(20)11-14-5-7-17(12(2)9-14)21-18-8-6-15(19)10-13(18)3/h5-10,16H,4,11,20H2,1-3H3. The molecule has 2 aromatic rings. The maximum atomic E-state index is 6.01. The Hall–Kier alpha value is -1.51. The highest BCUT2D eigenvalue weighted by Crippen LogP contribution is 2.30. The lowest BCUT2D eigenvalue weighted by Gasteiger charge is -2.14. The zero-order chi connectivity index (χ0) is 15.4. The average Bonchev–Trinajstić information content (AvgIpc) is 2.44. The molecule has 0 aromatic heterocycles. The third kappa shape index (κ3) is 4.23. The number of benzene rings is 2. The monoisotopic (exact) mass is 303 g/mol. The summed E-state index contributed by atoms with van der Waals surface area (Å²) in [5.74, 6) is 1.70. The van der Waals surface area contributed by atoms with Crippen LogP contribution in [0, 0.1) is 13.8 Å². The lowest BCUT2D eigenvalue weighted by Crippen LogP contribution is -2.21. The molecule has 0 heterocycles. The van der Waals surface area contributed by atoms with E-state index < -0.39 is 0 Å². The first kappa shape index (κ1) is 15.9. The fourth-order valence-electron chi connectivity index (χ4n) is 2.25. The lowest BCUT2D eigenvalue weighted by atomic mass is 10.0. The molecular formula is C18H22ClNO. The molecular weight excluding hydrogens is 282 g/mol. The first-order chi connectivity index (χ1) is 9.99. The van der Waals surface area contributed by atoms with E-state index in [1.54, 1.807) is 0 Å². The number of aryl methyl sites for hydroxylation is 2. The van der Waals surface area contributed by atoms with Gasteiger partial charge < -0.3 is 10.5 Å². The summed E-state index contributed by atoms with van der Waals surface area (Å²) in [6.45, 7) is 6.16. The van der Waals surface area contributed by atoms with Crippen molar-refractivity contribution < 1.29 is 4.74 Å². The van der Waals surface area contributed by atoms with Crippen molar-refractivity contribution in [2.24, 2.45) is 5.73 Å². The van der Waals surface area contributed by atoms with E-state index in [1.807, 2.05) is 31.2 Å². The Labute approximate surface area is 131 Å². The van der Waals surface area contributed by atoms with Gasteiger partial charge in [-0.3, -0.25) is 0 Å². The van der Waals surface area contributed by atoms with Gasteiger partial charge in [0.25, 0.3) is 0 Å². The molecule has 0 aliphatic heterocycles. The van der Waals surface area contributed by atoms with E-state index in [0.29, 0.717) is 0 Å². The van der Waals surface area contributed by atoms with Gasteiger partial charge >= 0.3 is 0 Å². The summed E-state index contributed by atoms with van der Waals surface area (Å²) >= 11 is 5.97. The Morgan fingerprint density at radius 3 is 2.24 bits per heavy atom. The molecule has 0 fully saturated rings. The van der Waals surface area contributed by atoms with Crippen molar-refractivity contribution in [2.45, 2.75) is 39.7 Å². The molecule has 0 saturated carbocycles. The highest BCUT2D eigenvalue weighted by molar-refractivity contribution is 6.30. The van der Waals surface area contributed by atoms with Gasteiger partial charge in [0.1, 0.15) is 11.5 Å². The largest absolute Gasteiger partial charge is 0.457 e. The fourth-order valence-corrected chi connectivity index (χ4v) is 2.47. The van der Waals surface area contributed by atoms with E-state index in [9.17, 15) is 0 Å². The minimum atomic E-state index is 0.217. The van der Waals surface area contributed by atoms with Crippen LogP contribution in [0.15, 0.2) is 36.4 Å². The maximum absolute atomic E-state index is 6.01. The van der Waals surface area contributed by atoms with E-state index >= 15 is 0 Å². The predicted molar refractivity (Wildman–Crippen MR) is 89.4 cm³/mol. The molecule has 2 rings (SSSR count). The van der Waals surface area contributed by atoms with Crippen LogP contribution in [0.5, 0.6) is 11.5 Å². The highest BCUT2D eigenvalue weighted by atomic mass is 35.5. The molecule has 21 heavy (non-hydrogen) atoms. The molecule has 0 aliphatic carbocycles. The Bertz CT molecular complexity index is 625. The van der Waals surface area contributed by atoms with Crippen molar-refractivity contribution in [3.8, 4) is 11.5 Å². The van der Waals surface area contributed by atoms with Crippen LogP contribution in [0.25, 0.3) is 0 Å². The molecule has 2 aromatic carbocycles. The molecule has 0 saturated heterocycles. The smallest absolute Gasteiger partial charge is 0.130 e. The quantitative estimate of drug-likeness (QED) is 0.841. The van der Waals surface area contributed by atoms with Gasteiger partial charge in [-0.1, -0.05) is 30.7 Å². The van der Waals surface area contributed by atoms with Crippen molar-refractivity contribution in [3.63, 3.8) is 0 Å². The summed E-state index contributed by atoms with van der Waals surface area (Å²) in [5, 5.41) is 0.723. The highest BCUT2D eigenvalue weighted by Gasteiger charge is 2.07. The number of nitrogens with two attached hydrogens (primary N) is 1. The summed E-state index contributed by atoms with van der Waals surface area (Å²) in [5.41, 5.74) is 9.40. The fraction of sp³-hybridized carbons (Fsp3) is 0.333. The molecule has 0 amide bonds. The van der Waals surface area contributed by atoms with E-state index in [-0.39, 0.29) is 6.04 Å². The number of rotatable bonds is 5. The van der Waals surface area contributed by atoms with Crippen LogP contribution in [-0.4, -0.2) is 6.04 Å². The zero-order valence-corrected chi connectivity index (χ0v) is 13.6. The van der Waals surface area contributed by atoms with Gasteiger partial charge in [-0.05, 0) is 67.6 Å². The van der Waals surface area contributed by atoms with E-state index in [0.717, 1.165) is 40.5 Å². The molecule has 0 aliphatic rings. The van der Waals surface area contributed by atoms with Crippen LogP contribution in [0.2, 0.25) is 5.02 Å². The minimum Gasteiger partial charge on any atom is -0.457 e. The molecule has 2 nitrogen and oxygen atoms in total. The Morgan fingerprint density at radius 1 is 1.05 bits per heavy atom. The second kappa shape index (κ2) is 6.97. The van der Waals surface area contributed by atoms with Gasteiger partial charge in [-0.2, -0.15) is 0 Å². The van der Waals surface area contributed by atoms with Crippen molar-refractivity contribution in [3.05, 3.63) is 58.1 Å². The molecule has 0 bridgehead atoms. The van der Waals surface area contributed by atoms with Crippen LogP contribution < -0.4 is 10.5 Å². The first-order valence-corrected chi connectivity index (χ1v) is 7.66. The third-order valence-corrected chi connectivity index (χ3v) is 3.85. The number of hydrogen-bond donors (Lipinski definition) is 1. The SMILES string of the molecule is CCC(N)Cc1ccc(Oc2ccc(Cl)cc2C)c(C)c1. The summed E-state index contributed by atoms with van der Waals surface area (Å²) in [7, 11) is 0. The Morgan fingerprint density at radius 2 is 1.67 bits per heavy atom. The normalized spacial score (nSPS) is 12.2. The van der Waals surface area contributed by atoms with Crippen LogP contribution in [-0.2, 0) is 6.42 Å². The predicted octanol–water partition coefficient (Wildman–Crippen LogP) is 5.03. The molecule has 112 valence electrons. The summed E-state index contributed by atoms with van der Waals surface area (Å²) < 4.78 is 5.99. The van der Waals surface area contributed by atoms with Gasteiger partial charge in [0.2, 0.25) is 0 Å². The van der Waals surface area contributed by atoms with Gasteiger partial charge in [0, 0.05) is 11.1 Å².